The Balaban J connectivity index is 1.70. The summed E-state index contributed by atoms with van der Waals surface area (Å²) in [6, 6.07) is 9.57. The van der Waals surface area contributed by atoms with Gasteiger partial charge < -0.3 is 31.2 Å². The van der Waals surface area contributed by atoms with E-state index in [0.29, 0.717) is 54.4 Å². The summed E-state index contributed by atoms with van der Waals surface area (Å²) in [6.07, 6.45) is 4.13. The molecule has 1 fully saturated rings. The second kappa shape index (κ2) is 12.6. The monoisotopic (exact) mass is 519 g/mol. The van der Waals surface area contributed by atoms with Crippen LogP contribution in [0.25, 0.3) is 10.9 Å². The van der Waals surface area contributed by atoms with Gasteiger partial charge in [0, 0.05) is 36.4 Å². The van der Waals surface area contributed by atoms with Crippen LogP contribution in [-0.4, -0.2) is 43.1 Å². The maximum absolute atomic E-state index is 12.7. The molecule has 5 N–H and O–H groups in total. The van der Waals surface area contributed by atoms with E-state index in [9.17, 15) is 9.59 Å². The lowest BCUT2D eigenvalue weighted by Gasteiger charge is -2.23. The maximum atomic E-state index is 12.7. The fraction of sp³-hybridized carbons (Fsp3) is 0.414. The minimum Gasteiger partial charge on any atom is -0.490 e. The summed E-state index contributed by atoms with van der Waals surface area (Å²) in [5.74, 6) is 0.640. The molecule has 202 valence electrons. The van der Waals surface area contributed by atoms with E-state index >= 15 is 0 Å². The number of rotatable bonds is 11. The average molecular weight is 520 g/mol. The van der Waals surface area contributed by atoms with Crippen LogP contribution < -0.4 is 31.2 Å². The number of benzene rings is 2. The van der Waals surface area contributed by atoms with E-state index in [1.165, 1.54) is 6.20 Å². The van der Waals surface area contributed by atoms with Gasteiger partial charge in [-0.1, -0.05) is 19.1 Å². The van der Waals surface area contributed by atoms with Gasteiger partial charge in [-0.3, -0.25) is 14.6 Å². The Kier molecular flexibility index (Phi) is 9.02. The highest BCUT2D eigenvalue weighted by atomic mass is 16.5. The number of hydrogen-bond acceptors (Lipinski definition) is 7. The van der Waals surface area contributed by atoms with Crippen molar-refractivity contribution in [1.82, 2.24) is 15.6 Å². The number of fused-ring (bicyclic) bond motifs is 1. The number of hydrogen-bond donors (Lipinski definition) is 4. The number of primary amides is 1. The molecule has 0 radical (unpaired) electrons. The van der Waals surface area contributed by atoms with Crippen LogP contribution in [0, 0.1) is 5.92 Å². The minimum absolute atomic E-state index is 0.00226. The highest BCUT2D eigenvalue weighted by Crippen LogP contribution is 2.38. The molecule has 38 heavy (non-hydrogen) atoms. The molecule has 0 aliphatic carbocycles. The van der Waals surface area contributed by atoms with Crippen LogP contribution >= 0.6 is 0 Å². The number of carbonyl (C=O) groups excluding carboxylic acids is 2. The van der Waals surface area contributed by atoms with E-state index in [1.807, 2.05) is 44.2 Å². The second-order valence-electron chi connectivity index (χ2n) is 9.28. The van der Waals surface area contributed by atoms with Gasteiger partial charge in [0.05, 0.1) is 35.9 Å². The fourth-order valence-corrected chi connectivity index (χ4v) is 4.93. The van der Waals surface area contributed by atoms with E-state index in [2.05, 4.69) is 27.9 Å². The first-order chi connectivity index (χ1) is 18.5. The van der Waals surface area contributed by atoms with Crippen LogP contribution in [0.2, 0.25) is 0 Å². The van der Waals surface area contributed by atoms with Crippen molar-refractivity contribution in [1.29, 1.82) is 0 Å². The van der Waals surface area contributed by atoms with Gasteiger partial charge in [0.1, 0.15) is 0 Å². The molecule has 0 saturated carbocycles. The van der Waals surface area contributed by atoms with Crippen molar-refractivity contribution in [3.05, 3.63) is 53.2 Å². The molecule has 0 unspecified atom stereocenters. The van der Waals surface area contributed by atoms with Gasteiger partial charge in [0.2, 0.25) is 5.91 Å². The SMILES string of the molecule is CCOc1cc2ncc(C(N)=O)c(Nc3cccc(CNC(=O)[C@@H]4CCCNC4)c3CC)c2cc1OCC. The molecule has 1 aliphatic heterocycles. The van der Waals surface area contributed by atoms with Crippen LogP contribution in [0.3, 0.4) is 0 Å². The molecule has 1 aromatic heterocycles. The van der Waals surface area contributed by atoms with Crippen molar-refractivity contribution in [3.8, 4) is 11.5 Å². The van der Waals surface area contributed by atoms with Gasteiger partial charge in [0.25, 0.3) is 5.91 Å². The number of nitrogens with one attached hydrogen (secondary N) is 3. The second-order valence-corrected chi connectivity index (χ2v) is 9.28. The predicted octanol–water partition coefficient (Wildman–Crippen LogP) is 4.05. The Bertz CT molecular complexity index is 1300. The highest BCUT2D eigenvalue weighted by molar-refractivity contribution is 6.08. The van der Waals surface area contributed by atoms with Crippen molar-refractivity contribution in [2.45, 2.75) is 46.6 Å². The standard InChI is InChI=1S/C29H37N5O4/c1-4-20-18(16-33-29(36)19-10-8-12-31-15-19)9-7-11-23(20)34-27-21-13-25(37-5-2)26(38-6-3)14-24(21)32-17-22(27)28(30)35/h7,9,11,13-14,17,19,31H,4-6,8,10,12,15-16H2,1-3H3,(H2,30,35)(H,32,34)(H,33,36)/t19-/m1/s1. The molecule has 9 heteroatoms. The first-order valence-electron chi connectivity index (χ1n) is 13.3. The minimum atomic E-state index is -0.587. The first-order valence-corrected chi connectivity index (χ1v) is 13.3. The van der Waals surface area contributed by atoms with E-state index in [1.54, 1.807) is 0 Å². The smallest absolute Gasteiger partial charge is 0.252 e. The van der Waals surface area contributed by atoms with Crippen molar-refractivity contribution in [2.75, 3.05) is 31.6 Å². The highest BCUT2D eigenvalue weighted by Gasteiger charge is 2.22. The zero-order chi connectivity index (χ0) is 27.1. The van der Waals surface area contributed by atoms with Crippen LogP contribution in [0.4, 0.5) is 11.4 Å². The fourth-order valence-electron chi connectivity index (χ4n) is 4.93. The molecule has 0 spiro atoms. The third-order valence-corrected chi connectivity index (χ3v) is 6.81. The Labute approximate surface area is 223 Å². The number of nitrogens with zero attached hydrogens (tertiary/aromatic N) is 1. The molecule has 1 aliphatic rings. The topological polar surface area (TPSA) is 128 Å². The Morgan fingerprint density at radius 3 is 2.55 bits per heavy atom. The molecule has 2 amide bonds. The third-order valence-electron chi connectivity index (χ3n) is 6.81. The van der Waals surface area contributed by atoms with Gasteiger partial charge >= 0.3 is 0 Å². The lowest BCUT2D eigenvalue weighted by molar-refractivity contribution is -0.125. The zero-order valence-electron chi connectivity index (χ0n) is 22.4. The summed E-state index contributed by atoms with van der Waals surface area (Å²) in [7, 11) is 0. The van der Waals surface area contributed by atoms with Crippen molar-refractivity contribution in [2.24, 2.45) is 11.7 Å². The summed E-state index contributed by atoms with van der Waals surface area (Å²) in [5.41, 5.74) is 10.1. The third kappa shape index (κ3) is 5.99. The van der Waals surface area contributed by atoms with E-state index in [-0.39, 0.29) is 17.4 Å². The number of carbonyl (C=O) groups is 2. The van der Waals surface area contributed by atoms with Gasteiger partial charge in [-0.2, -0.15) is 0 Å². The zero-order valence-corrected chi connectivity index (χ0v) is 22.4. The molecule has 2 heterocycles. The van der Waals surface area contributed by atoms with Crippen molar-refractivity contribution in [3.63, 3.8) is 0 Å². The largest absolute Gasteiger partial charge is 0.490 e. The molecule has 9 nitrogen and oxygen atoms in total. The predicted molar refractivity (Wildman–Crippen MR) is 149 cm³/mol. The van der Waals surface area contributed by atoms with Gasteiger partial charge in [0.15, 0.2) is 11.5 Å². The lowest BCUT2D eigenvalue weighted by atomic mass is 9.98. The van der Waals surface area contributed by atoms with Crippen LogP contribution in [0.5, 0.6) is 11.5 Å². The number of anilines is 2. The number of aromatic nitrogens is 1. The number of amides is 2. The number of ether oxygens (including phenoxy) is 2. The summed E-state index contributed by atoms with van der Waals surface area (Å²) in [6.45, 7) is 8.93. The van der Waals surface area contributed by atoms with E-state index in [4.69, 9.17) is 15.2 Å². The molecule has 0 bridgehead atoms. The summed E-state index contributed by atoms with van der Waals surface area (Å²) in [4.78, 5) is 29.6. The lowest BCUT2D eigenvalue weighted by Crippen LogP contribution is -2.40. The van der Waals surface area contributed by atoms with Crippen LogP contribution in [-0.2, 0) is 17.8 Å². The van der Waals surface area contributed by atoms with Gasteiger partial charge in [-0.05, 0) is 62.9 Å². The Morgan fingerprint density at radius 2 is 1.89 bits per heavy atom. The molecule has 4 rings (SSSR count). The molecule has 3 aromatic rings. The summed E-state index contributed by atoms with van der Waals surface area (Å²) in [5, 5.41) is 10.6. The average Bonchev–Trinajstić information content (AvgIpc) is 2.93. The molecular weight excluding hydrogens is 482 g/mol. The molecule has 2 aromatic carbocycles. The van der Waals surface area contributed by atoms with E-state index < -0.39 is 5.91 Å². The number of nitrogens with two attached hydrogens (primary N) is 1. The maximum Gasteiger partial charge on any atom is 0.252 e. The molecule has 1 saturated heterocycles. The van der Waals surface area contributed by atoms with Gasteiger partial charge in [-0.15, -0.1) is 0 Å². The van der Waals surface area contributed by atoms with Crippen molar-refractivity contribution < 1.29 is 19.1 Å². The van der Waals surface area contributed by atoms with Gasteiger partial charge in [-0.25, -0.2) is 0 Å². The number of piperidine rings is 1. The molecule has 1 atom stereocenters. The number of pyridine rings is 1. The summed E-state index contributed by atoms with van der Waals surface area (Å²) < 4.78 is 11.6. The molecular formula is C29H37N5O4. The Morgan fingerprint density at radius 1 is 1.13 bits per heavy atom. The van der Waals surface area contributed by atoms with Crippen LogP contribution in [0.1, 0.15) is 55.1 Å². The Hall–Kier alpha value is -3.85. The van der Waals surface area contributed by atoms with Crippen molar-refractivity contribution >= 4 is 34.1 Å². The first kappa shape index (κ1) is 27.2. The van der Waals surface area contributed by atoms with Crippen LogP contribution in [0.15, 0.2) is 36.5 Å². The quantitative estimate of drug-likeness (QED) is 0.301. The summed E-state index contributed by atoms with van der Waals surface area (Å²) >= 11 is 0. The van der Waals surface area contributed by atoms with E-state index in [0.717, 1.165) is 42.6 Å². The normalized spacial score (nSPS) is 15.2.